The van der Waals surface area contributed by atoms with Gasteiger partial charge in [0.1, 0.15) is 5.75 Å². The highest BCUT2D eigenvalue weighted by Crippen LogP contribution is 2.28. The minimum Gasteiger partial charge on any atom is -0.478 e. The number of carboxylic acid groups (broad SMARTS) is 1. The number of rotatable bonds is 6. The summed E-state index contributed by atoms with van der Waals surface area (Å²) in [4.78, 5) is 11.7. The van der Waals surface area contributed by atoms with Crippen molar-refractivity contribution in [1.29, 1.82) is 0 Å². The molecule has 0 unspecified atom stereocenters. The molecule has 122 valence electrons. The maximum atomic E-state index is 11.7. The first-order valence-electron chi connectivity index (χ1n) is 7.93. The number of carboxylic acids is 1. The molecule has 2 aromatic rings. The Balaban J connectivity index is 2.29. The summed E-state index contributed by atoms with van der Waals surface area (Å²) in [5.74, 6) is -0.00630. The topological polar surface area (TPSA) is 46.5 Å². The third-order valence-corrected chi connectivity index (χ3v) is 4.12. The van der Waals surface area contributed by atoms with Crippen LogP contribution in [0.1, 0.15) is 42.0 Å². The molecule has 0 spiro atoms. The Morgan fingerprint density at radius 2 is 1.65 bits per heavy atom. The van der Waals surface area contributed by atoms with E-state index in [1.165, 1.54) is 0 Å². The van der Waals surface area contributed by atoms with Gasteiger partial charge in [0.05, 0.1) is 0 Å². The van der Waals surface area contributed by atoms with Gasteiger partial charge in [-0.1, -0.05) is 50.2 Å². The van der Waals surface area contributed by atoms with Crippen molar-refractivity contribution in [3.63, 3.8) is 0 Å². The van der Waals surface area contributed by atoms with Gasteiger partial charge in [-0.15, -0.1) is 0 Å². The summed E-state index contributed by atoms with van der Waals surface area (Å²) in [6.07, 6.45) is -0.532. The summed E-state index contributed by atoms with van der Waals surface area (Å²) in [7, 11) is 0. The number of aliphatic carboxylic acids is 1. The van der Waals surface area contributed by atoms with Crippen molar-refractivity contribution in [3.05, 3.63) is 64.7 Å². The minimum atomic E-state index is -0.939. The Kier molecular flexibility index (Phi) is 5.43. The predicted octanol–water partition coefficient (Wildman–Crippen LogP) is 4.50. The first-order valence-corrected chi connectivity index (χ1v) is 7.93. The summed E-state index contributed by atoms with van der Waals surface area (Å²) in [5, 5.41) is 9.58. The highest BCUT2D eigenvalue weighted by Gasteiger charge is 2.23. The fraction of sp³-hybridized carbons (Fsp3) is 0.350. The molecule has 0 bridgehead atoms. The maximum Gasteiger partial charge on any atom is 0.345 e. The molecule has 0 heterocycles. The highest BCUT2D eigenvalue weighted by molar-refractivity contribution is 5.73. The molecule has 0 fully saturated rings. The molecule has 0 saturated carbocycles. The summed E-state index contributed by atoms with van der Waals surface area (Å²) in [5.41, 5.74) is 4.26. The fourth-order valence-electron chi connectivity index (χ4n) is 2.75. The second kappa shape index (κ2) is 7.32. The van der Waals surface area contributed by atoms with E-state index in [0.717, 1.165) is 22.3 Å². The number of para-hydroxylation sites is 1. The van der Waals surface area contributed by atoms with Gasteiger partial charge in [0, 0.05) is 6.42 Å². The van der Waals surface area contributed by atoms with Gasteiger partial charge in [0.25, 0.3) is 0 Å². The maximum absolute atomic E-state index is 11.7. The van der Waals surface area contributed by atoms with Crippen LogP contribution in [-0.2, 0) is 11.2 Å². The number of aryl methyl sites for hydroxylation is 2. The lowest BCUT2D eigenvalue weighted by Gasteiger charge is -2.20. The average molecular weight is 312 g/mol. The van der Waals surface area contributed by atoms with Crippen LogP contribution in [0.3, 0.4) is 0 Å². The van der Waals surface area contributed by atoms with Crippen LogP contribution in [0.2, 0.25) is 0 Å². The van der Waals surface area contributed by atoms with Crippen LogP contribution in [0.5, 0.6) is 5.75 Å². The summed E-state index contributed by atoms with van der Waals surface area (Å²) >= 11 is 0. The van der Waals surface area contributed by atoms with Crippen molar-refractivity contribution >= 4 is 5.97 Å². The van der Waals surface area contributed by atoms with Crippen LogP contribution in [0.4, 0.5) is 0 Å². The molecule has 23 heavy (non-hydrogen) atoms. The Hall–Kier alpha value is -2.29. The van der Waals surface area contributed by atoms with E-state index < -0.39 is 12.1 Å². The fourth-order valence-corrected chi connectivity index (χ4v) is 2.75. The Bertz CT molecular complexity index is 669. The second-order valence-electron chi connectivity index (χ2n) is 6.21. The van der Waals surface area contributed by atoms with Crippen LogP contribution in [-0.4, -0.2) is 17.2 Å². The molecule has 0 saturated heterocycles. The molecule has 3 heteroatoms. The van der Waals surface area contributed by atoms with E-state index in [4.69, 9.17) is 4.74 Å². The summed E-state index contributed by atoms with van der Waals surface area (Å²) in [6, 6.07) is 13.6. The Morgan fingerprint density at radius 3 is 2.22 bits per heavy atom. The quantitative estimate of drug-likeness (QED) is 0.854. The van der Waals surface area contributed by atoms with Crippen molar-refractivity contribution in [1.82, 2.24) is 0 Å². The third kappa shape index (κ3) is 4.13. The molecule has 3 nitrogen and oxygen atoms in total. The number of ether oxygens (including phenoxy) is 1. The second-order valence-corrected chi connectivity index (χ2v) is 6.21. The van der Waals surface area contributed by atoms with Crippen molar-refractivity contribution in [3.8, 4) is 5.75 Å². The zero-order valence-electron chi connectivity index (χ0n) is 14.2. The van der Waals surface area contributed by atoms with Gasteiger partial charge < -0.3 is 9.84 Å². The van der Waals surface area contributed by atoms with E-state index in [2.05, 4.69) is 13.8 Å². The molecule has 0 radical (unpaired) electrons. The molecule has 0 aliphatic heterocycles. The molecule has 0 aliphatic rings. The van der Waals surface area contributed by atoms with Crippen LogP contribution < -0.4 is 4.74 Å². The Morgan fingerprint density at radius 1 is 1.04 bits per heavy atom. The lowest BCUT2D eigenvalue weighted by Crippen LogP contribution is -2.30. The molecule has 0 amide bonds. The van der Waals surface area contributed by atoms with E-state index in [1.54, 1.807) is 0 Å². The van der Waals surface area contributed by atoms with Crippen LogP contribution in [0, 0.1) is 13.8 Å². The monoisotopic (exact) mass is 312 g/mol. The molecule has 2 aromatic carbocycles. The van der Waals surface area contributed by atoms with Crippen LogP contribution in [0.25, 0.3) is 0 Å². The Labute approximate surface area is 137 Å². The smallest absolute Gasteiger partial charge is 0.345 e. The summed E-state index contributed by atoms with van der Waals surface area (Å²) < 4.78 is 5.88. The van der Waals surface area contributed by atoms with Gasteiger partial charge in [-0.2, -0.15) is 0 Å². The van der Waals surface area contributed by atoms with Gasteiger partial charge in [0.2, 0.25) is 0 Å². The van der Waals surface area contributed by atoms with Gasteiger partial charge in [-0.25, -0.2) is 4.79 Å². The zero-order chi connectivity index (χ0) is 17.0. The molecule has 0 aromatic heterocycles. The third-order valence-electron chi connectivity index (χ3n) is 4.12. The number of benzene rings is 2. The molecular formula is C20H24O3. The molecule has 2 rings (SSSR count). The SMILES string of the molecule is Cc1cccc(C)c1C[C@H](Oc1ccccc1C(C)C)C(=O)O. The largest absolute Gasteiger partial charge is 0.478 e. The molecular weight excluding hydrogens is 288 g/mol. The normalized spacial score (nSPS) is 12.2. The number of hydrogen-bond acceptors (Lipinski definition) is 2. The lowest BCUT2D eigenvalue weighted by molar-refractivity contribution is -0.145. The highest BCUT2D eigenvalue weighted by atomic mass is 16.5. The number of carbonyl (C=O) groups is 1. The standard InChI is InChI=1S/C20H24O3/c1-13(2)16-10-5-6-11-18(16)23-19(20(21)22)12-17-14(3)8-7-9-15(17)4/h5-11,13,19H,12H2,1-4H3,(H,21,22)/t19-/m0/s1. The number of hydrogen-bond donors (Lipinski definition) is 1. The average Bonchev–Trinajstić information content (AvgIpc) is 2.50. The van der Waals surface area contributed by atoms with E-state index >= 15 is 0 Å². The van der Waals surface area contributed by atoms with E-state index in [9.17, 15) is 9.90 Å². The van der Waals surface area contributed by atoms with Gasteiger partial charge in [-0.05, 0) is 48.1 Å². The van der Waals surface area contributed by atoms with Gasteiger partial charge in [0.15, 0.2) is 6.10 Å². The predicted molar refractivity (Wildman–Crippen MR) is 92.2 cm³/mol. The van der Waals surface area contributed by atoms with E-state index in [0.29, 0.717) is 12.2 Å². The van der Waals surface area contributed by atoms with Crippen LogP contribution >= 0.6 is 0 Å². The minimum absolute atomic E-state index is 0.279. The lowest BCUT2D eigenvalue weighted by atomic mass is 9.97. The molecule has 0 aliphatic carbocycles. The van der Waals surface area contributed by atoms with Gasteiger partial charge in [-0.3, -0.25) is 0 Å². The van der Waals surface area contributed by atoms with E-state index in [-0.39, 0.29) is 5.92 Å². The van der Waals surface area contributed by atoms with Crippen molar-refractivity contribution < 1.29 is 14.6 Å². The van der Waals surface area contributed by atoms with Crippen molar-refractivity contribution in [2.45, 2.75) is 46.1 Å². The van der Waals surface area contributed by atoms with Gasteiger partial charge >= 0.3 is 5.97 Å². The van der Waals surface area contributed by atoms with Crippen molar-refractivity contribution in [2.75, 3.05) is 0 Å². The molecule has 1 N–H and O–H groups in total. The zero-order valence-corrected chi connectivity index (χ0v) is 14.2. The first-order chi connectivity index (χ1) is 10.9. The first kappa shape index (κ1) is 17.1. The summed E-state index contributed by atoms with van der Waals surface area (Å²) in [6.45, 7) is 8.15. The molecule has 1 atom stereocenters. The van der Waals surface area contributed by atoms with Crippen molar-refractivity contribution in [2.24, 2.45) is 0 Å². The van der Waals surface area contributed by atoms with Crippen LogP contribution in [0.15, 0.2) is 42.5 Å². The van der Waals surface area contributed by atoms with E-state index in [1.807, 2.05) is 56.3 Å².